The topological polar surface area (TPSA) is 12.4 Å². The molecule has 2 aliphatic rings. The van der Waals surface area contributed by atoms with Crippen LogP contribution in [0, 0.1) is 6.92 Å². The Labute approximate surface area is 134 Å². The second-order valence-electron chi connectivity index (χ2n) is 4.60. The Bertz CT molecular complexity index is 660. The minimum Gasteiger partial charge on any atom is -0.256 e. The molecule has 0 aromatic heterocycles. The van der Waals surface area contributed by atoms with Crippen LogP contribution in [0.4, 0.5) is 0 Å². The van der Waals surface area contributed by atoms with Crippen LogP contribution in [-0.4, -0.2) is 6.21 Å². The smallest absolute Gasteiger partial charge is 0.0623 e. The van der Waals surface area contributed by atoms with Crippen LogP contribution in [0.3, 0.4) is 0 Å². The molecule has 2 aliphatic carbocycles. The molecule has 1 nitrogen and oxygen atoms in total. The van der Waals surface area contributed by atoms with Gasteiger partial charge in [-0.25, -0.2) is 0 Å². The van der Waals surface area contributed by atoms with E-state index in [2.05, 4.69) is 48.8 Å². The molecule has 0 radical (unpaired) electrons. The molecular weight excluding hydrogens is 266 g/mol. The van der Waals surface area contributed by atoms with Crippen LogP contribution < -0.4 is 0 Å². The maximum Gasteiger partial charge on any atom is 0.0623 e. The monoisotopic (exact) mass is 291 g/mol. The van der Waals surface area contributed by atoms with Crippen molar-refractivity contribution in [2.75, 3.05) is 0 Å². The predicted octanol–water partition coefficient (Wildman–Crippen LogP) is 6.19. The number of fused-ring (bicyclic) bond motifs is 1. The average Bonchev–Trinajstić information content (AvgIpc) is 2.73. The molecule has 0 aromatic rings. The highest BCUT2D eigenvalue weighted by Crippen LogP contribution is 2.30. The SMILES string of the molecule is C=C/C(=C\C=C/C)N=Cc1cc(C)c2cccccc1-2.CC. The van der Waals surface area contributed by atoms with E-state index >= 15 is 0 Å². The Hall–Kier alpha value is -2.41. The molecule has 0 atom stereocenters. The molecule has 0 heterocycles. The number of hydrogen-bond acceptors (Lipinski definition) is 1. The van der Waals surface area contributed by atoms with Crippen molar-refractivity contribution in [1.82, 2.24) is 0 Å². The first-order valence-electron chi connectivity index (χ1n) is 7.74. The summed E-state index contributed by atoms with van der Waals surface area (Å²) in [5, 5.41) is 0. The normalized spacial score (nSPS) is 11.7. The number of allylic oxidation sites excluding steroid dienone is 4. The molecule has 0 aromatic carbocycles. The summed E-state index contributed by atoms with van der Waals surface area (Å²) in [6.07, 6.45) is 9.55. The summed E-state index contributed by atoms with van der Waals surface area (Å²) in [6.45, 7) is 11.9. The summed E-state index contributed by atoms with van der Waals surface area (Å²) in [6, 6.07) is 12.6. The van der Waals surface area contributed by atoms with Crippen LogP contribution >= 0.6 is 0 Å². The summed E-state index contributed by atoms with van der Waals surface area (Å²) in [4.78, 5) is 4.50. The van der Waals surface area contributed by atoms with Crippen LogP contribution in [0.5, 0.6) is 0 Å². The van der Waals surface area contributed by atoms with Crippen molar-refractivity contribution in [3.8, 4) is 11.1 Å². The van der Waals surface area contributed by atoms with Crippen molar-refractivity contribution in [2.45, 2.75) is 27.7 Å². The Morgan fingerprint density at radius 3 is 2.41 bits per heavy atom. The number of nitrogens with zero attached hydrogens (tertiary/aromatic N) is 1. The fraction of sp³-hybridized carbons (Fsp3) is 0.190. The van der Waals surface area contributed by atoms with Crippen LogP contribution in [0.1, 0.15) is 31.9 Å². The fourth-order valence-electron chi connectivity index (χ4n) is 2.14. The van der Waals surface area contributed by atoms with E-state index in [1.807, 2.05) is 51.3 Å². The van der Waals surface area contributed by atoms with Crippen molar-refractivity contribution in [1.29, 1.82) is 0 Å². The molecule has 0 spiro atoms. The lowest BCUT2D eigenvalue weighted by molar-refractivity contribution is 1.42. The predicted molar refractivity (Wildman–Crippen MR) is 99.8 cm³/mol. The van der Waals surface area contributed by atoms with Gasteiger partial charge in [0, 0.05) is 11.8 Å². The van der Waals surface area contributed by atoms with Crippen molar-refractivity contribution in [2.24, 2.45) is 4.99 Å². The number of aliphatic imine (C=N–C) groups is 1. The van der Waals surface area contributed by atoms with Gasteiger partial charge >= 0.3 is 0 Å². The summed E-state index contributed by atoms with van der Waals surface area (Å²) in [7, 11) is 0. The highest BCUT2D eigenvalue weighted by atomic mass is 14.7. The van der Waals surface area contributed by atoms with Gasteiger partial charge in [-0.3, -0.25) is 4.99 Å². The largest absolute Gasteiger partial charge is 0.256 e. The average molecular weight is 291 g/mol. The summed E-state index contributed by atoms with van der Waals surface area (Å²) < 4.78 is 0. The first-order chi connectivity index (χ1) is 10.8. The second-order valence-corrected chi connectivity index (χ2v) is 4.60. The lowest BCUT2D eigenvalue weighted by Gasteiger charge is -1.96. The second kappa shape index (κ2) is 9.51. The summed E-state index contributed by atoms with van der Waals surface area (Å²) in [5.74, 6) is 0. The molecule has 0 amide bonds. The molecule has 0 N–H and O–H groups in total. The highest BCUT2D eigenvalue weighted by molar-refractivity contribution is 5.94. The van der Waals surface area contributed by atoms with Gasteiger partial charge in [0.1, 0.15) is 0 Å². The van der Waals surface area contributed by atoms with Gasteiger partial charge in [0.2, 0.25) is 0 Å². The molecule has 1 heteroatoms. The maximum absolute atomic E-state index is 4.50. The lowest BCUT2D eigenvalue weighted by Crippen LogP contribution is -1.81. The molecule has 0 fully saturated rings. The number of aryl methyl sites for hydroxylation is 1. The molecule has 2 rings (SSSR count). The lowest BCUT2D eigenvalue weighted by atomic mass is 10.1. The maximum atomic E-state index is 4.50. The Morgan fingerprint density at radius 1 is 1.09 bits per heavy atom. The van der Waals surface area contributed by atoms with E-state index in [0.29, 0.717) is 0 Å². The van der Waals surface area contributed by atoms with Gasteiger partial charge in [-0.2, -0.15) is 0 Å². The Kier molecular flexibility index (Phi) is 7.63. The van der Waals surface area contributed by atoms with Gasteiger partial charge in [-0.1, -0.05) is 62.9 Å². The van der Waals surface area contributed by atoms with E-state index < -0.39 is 0 Å². The van der Waals surface area contributed by atoms with E-state index in [4.69, 9.17) is 0 Å². The van der Waals surface area contributed by atoms with Crippen molar-refractivity contribution < 1.29 is 0 Å². The Morgan fingerprint density at radius 2 is 1.77 bits per heavy atom. The number of rotatable bonds is 4. The molecule has 0 saturated heterocycles. The molecular formula is C21H25N. The van der Waals surface area contributed by atoms with Gasteiger partial charge in [0.05, 0.1) is 5.70 Å². The van der Waals surface area contributed by atoms with Crippen LogP contribution in [0.25, 0.3) is 11.1 Å². The van der Waals surface area contributed by atoms with Crippen LogP contribution in [0.15, 0.2) is 78.0 Å². The standard InChI is InChI=1S/C19H19N.C2H6/c1-4-6-10-17(5-2)20-14-16-13-15(3)18-11-8-7-9-12-19(16)18;1-2/h4-14H,2H2,1,3H3;1-2H3/b6-4-,17-10+,20-14?;. The minimum absolute atomic E-state index is 0.857. The third-order valence-electron chi connectivity index (χ3n) is 3.17. The third kappa shape index (κ3) is 4.56. The highest BCUT2D eigenvalue weighted by Gasteiger charge is 2.09. The summed E-state index contributed by atoms with van der Waals surface area (Å²) in [5.41, 5.74) is 5.77. The first kappa shape index (κ1) is 17.6. The fourth-order valence-corrected chi connectivity index (χ4v) is 2.14. The van der Waals surface area contributed by atoms with E-state index in [1.165, 1.54) is 16.7 Å². The quantitative estimate of drug-likeness (QED) is 0.470. The van der Waals surface area contributed by atoms with E-state index in [-0.39, 0.29) is 0 Å². The molecule has 22 heavy (non-hydrogen) atoms. The van der Waals surface area contributed by atoms with Gasteiger partial charge in [0.25, 0.3) is 0 Å². The van der Waals surface area contributed by atoms with E-state index in [0.717, 1.165) is 11.3 Å². The molecule has 0 unspecified atom stereocenters. The first-order valence-corrected chi connectivity index (χ1v) is 7.74. The molecule has 0 aliphatic heterocycles. The van der Waals surface area contributed by atoms with Gasteiger partial charge in [-0.15, -0.1) is 0 Å². The van der Waals surface area contributed by atoms with Gasteiger partial charge in [-0.05, 0) is 48.8 Å². The third-order valence-corrected chi connectivity index (χ3v) is 3.17. The van der Waals surface area contributed by atoms with Crippen LogP contribution in [-0.2, 0) is 0 Å². The van der Waals surface area contributed by atoms with Crippen LogP contribution in [0.2, 0.25) is 0 Å². The molecule has 0 saturated carbocycles. The van der Waals surface area contributed by atoms with Crippen molar-refractivity contribution >= 4 is 6.21 Å². The van der Waals surface area contributed by atoms with Gasteiger partial charge in [0.15, 0.2) is 0 Å². The van der Waals surface area contributed by atoms with E-state index in [1.54, 1.807) is 6.08 Å². The van der Waals surface area contributed by atoms with Crippen molar-refractivity contribution in [3.05, 3.63) is 84.1 Å². The Balaban J connectivity index is 0.00000116. The van der Waals surface area contributed by atoms with Crippen molar-refractivity contribution in [3.63, 3.8) is 0 Å². The minimum atomic E-state index is 0.857. The summed E-state index contributed by atoms with van der Waals surface area (Å²) >= 11 is 0. The molecule has 114 valence electrons. The molecule has 0 bridgehead atoms. The zero-order valence-electron chi connectivity index (χ0n) is 14.0. The zero-order chi connectivity index (χ0) is 16.4. The van der Waals surface area contributed by atoms with Gasteiger partial charge < -0.3 is 0 Å². The number of hydrogen-bond donors (Lipinski definition) is 0. The van der Waals surface area contributed by atoms with E-state index in [9.17, 15) is 0 Å². The zero-order valence-corrected chi connectivity index (χ0v) is 14.0.